The highest BCUT2D eigenvalue weighted by atomic mass is 16.2. The zero-order chi connectivity index (χ0) is 12.1. The largest absolute Gasteiger partial charge is 0.341 e. The van der Waals surface area contributed by atoms with Gasteiger partial charge in [-0.05, 0) is 47.8 Å². The smallest absolute Gasteiger partial charge is 0.242 e. The van der Waals surface area contributed by atoms with Crippen molar-refractivity contribution in [2.75, 3.05) is 33.7 Å². The molecule has 15 heavy (non-hydrogen) atoms. The summed E-state index contributed by atoms with van der Waals surface area (Å²) in [4.78, 5) is 15.8. The van der Waals surface area contributed by atoms with E-state index in [4.69, 9.17) is 5.73 Å². The average molecular weight is 215 g/mol. The summed E-state index contributed by atoms with van der Waals surface area (Å²) in [6.45, 7) is 8.00. The molecule has 0 fully saturated rings. The van der Waals surface area contributed by atoms with Gasteiger partial charge in [-0.2, -0.15) is 0 Å². The molecule has 4 nitrogen and oxygen atoms in total. The number of hydrogen-bond donors (Lipinski definition) is 1. The van der Waals surface area contributed by atoms with E-state index in [1.807, 2.05) is 25.9 Å². The Balaban J connectivity index is 4.09. The normalized spacial score (nSPS) is 11.9. The third-order valence-electron chi connectivity index (χ3n) is 2.25. The molecule has 0 aliphatic rings. The first-order chi connectivity index (χ1) is 6.79. The number of carbonyl (C=O) groups is 1. The molecule has 0 heterocycles. The molecule has 90 valence electrons. The van der Waals surface area contributed by atoms with Gasteiger partial charge in [-0.15, -0.1) is 0 Å². The maximum Gasteiger partial charge on any atom is 0.242 e. The van der Waals surface area contributed by atoms with Crippen molar-refractivity contribution < 1.29 is 4.79 Å². The highest BCUT2D eigenvalue weighted by molar-refractivity contribution is 5.85. The first-order valence-corrected chi connectivity index (χ1v) is 5.52. The van der Waals surface area contributed by atoms with E-state index in [1.165, 1.54) is 0 Å². The molecule has 0 aliphatic carbocycles. The lowest BCUT2D eigenvalue weighted by molar-refractivity contribution is -0.135. The number of nitrogens with zero attached hydrogens (tertiary/aromatic N) is 2. The van der Waals surface area contributed by atoms with Crippen LogP contribution in [-0.4, -0.2) is 55.0 Å². The highest BCUT2D eigenvalue weighted by Gasteiger charge is 2.26. The molecule has 0 aromatic carbocycles. The summed E-state index contributed by atoms with van der Waals surface area (Å²) in [5, 5.41) is 0. The van der Waals surface area contributed by atoms with E-state index < -0.39 is 5.54 Å². The van der Waals surface area contributed by atoms with Gasteiger partial charge in [0.25, 0.3) is 0 Å². The van der Waals surface area contributed by atoms with E-state index >= 15 is 0 Å². The Kier molecular flexibility index (Phi) is 5.83. The Labute approximate surface area is 93.4 Å². The first-order valence-electron chi connectivity index (χ1n) is 5.52. The molecular formula is C11H25N3O. The van der Waals surface area contributed by atoms with Gasteiger partial charge >= 0.3 is 0 Å². The fourth-order valence-corrected chi connectivity index (χ4v) is 1.39. The van der Waals surface area contributed by atoms with Crippen molar-refractivity contribution in [3.8, 4) is 0 Å². The minimum absolute atomic E-state index is 0.0313. The van der Waals surface area contributed by atoms with Crippen LogP contribution in [0.3, 0.4) is 0 Å². The number of rotatable bonds is 6. The van der Waals surface area contributed by atoms with Gasteiger partial charge < -0.3 is 15.5 Å². The Morgan fingerprint density at radius 3 is 2.13 bits per heavy atom. The van der Waals surface area contributed by atoms with E-state index in [0.29, 0.717) is 0 Å². The molecule has 4 heteroatoms. The minimum atomic E-state index is -0.756. The van der Waals surface area contributed by atoms with Gasteiger partial charge in [0, 0.05) is 13.1 Å². The standard InChI is InChI=1S/C11H25N3O/c1-6-14(9-7-8-13(4)5)10(15)11(2,3)12/h6-9,12H2,1-5H3. The van der Waals surface area contributed by atoms with Crippen molar-refractivity contribution in [3.05, 3.63) is 0 Å². The molecule has 0 atom stereocenters. The van der Waals surface area contributed by atoms with Crippen molar-refractivity contribution in [2.45, 2.75) is 32.7 Å². The molecule has 0 saturated heterocycles. The van der Waals surface area contributed by atoms with E-state index in [1.54, 1.807) is 13.8 Å². The summed E-state index contributed by atoms with van der Waals surface area (Å²) >= 11 is 0. The van der Waals surface area contributed by atoms with E-state index in [-0.39, 0.29) is 5.91 Å². The molecule has 0 bridgehead atoms. The number of hydrogen-bond acceptors (Lipinski definition) is 3. The average Bonchev–Trinajstić information content (AvgIpc) is 2.09. The van der Waals surface area contributed by atoms with Gasteiger partial charge in [-0.1, -0.05) is 0 Å². The maximum absolute atomic E-state index is 11.9. The third-order valence-corrected chi connectivity index (χ3v) is 2.25. The number of nitrogens with two attached hydrogens (primary N) is 1. The zero-order valence-electron chi connectivity index (χ0n) is 10.7. The predicted molar refractivity (Wildman–Crippen MR) is 63.7 cm³/mol. The van der Waals surface area contributed by atoms with Crippen molar-refractivity contribution in [2.24, 2.45) is 5.73 Å². The molecule has 0 unspecified atom stereocenters. The van der Waals surface area contributed by atoms with Gasteiger partial charge in [0.05, 0.1) is 5.54 Å². The topological polar surface area (TPSA) is 49.6 Å². The zero-order valence-corrected chi connectivity index (χ0v) is 10.7. The Morgan fingerprint density at radius 2 is 1.80 bits per heavy atom. The molecule has 0 aromatic rings. The van der Waals surface area contributed by atoms with Crippen LogP contribution in [0.5, 0.6) is 0 Å². The SMILES string of the molecule is CCN(CCCN(C)C)C(=O)C(C)(C)N. The number of likely N-dealkylation sites (N-methyl/N-ethyl adjacent to an activating group) is 1. The monoisotopic (exact) mass is 215 g/mol. The number of amides is 1. The Bertz CT molecular complexity index is 196. The molecule has 0 aliphatic heterocycles. The van der Waals surface area contributed by atoms with Gasteiger partial charge in [-0.3, -0.25) is 4.79 Å². The summed E-state index contributed by atoms with van der Waals surface area (Å²) in [5.41, 5.74) is 5.03. The predicted octanol–water partition coefficient (Wildman–Crippen LogP) is 0.524. The lowest BCUT2D eigenvalue weighted by atomic mass is 10.1. The summed E-state index contributed by atoms with van der Waals surface area (Å²) in [7, 11) is 4.07. The fourth-order valence-electron chi connectivity index (χ4n) is 1.39. The van der Waals surface area contributed by atoms with Crippen molar-refractivity contribution >= 4 is 5.91 Å². The van der Waals surface area contributed by atoms with Crippen molar-refractivity contribution in [3.63, 3.8) is 0 Å². The minimum Gasteiger partial charge on any atom is -0.341 e. The molecule has 0 aromatic heterocycles. The second-order valence-corrected chi connectivity index (χ2v) is 4.76. The third kappa shape index (κ3) is 5.74. The van der Waals surface area contributed by atoms with Gasteiger partial charge in [0.1, 0.15) is 0 Å². The van der Waals surface area contributed by atoms with Crippen LogP contribution in [0, 0.1) is 0 Å². The molecule has 2 N–H and O–H groups in total. The van der Waals surface area contributed by atoms with Crippen LogP contribution in [0.4, 0.5) is 0 Å². The molecule has 0 rings (SSSR count). The molecule has 0 spiro atoms. The Hall–Kier alpha value is -0.610. The summed E-state index contributed by atoms with van der Waals surface area (Å²) < 4.78 is 0. The van der Waals surface area contributed by atoms with Gasteiger partial charge in [0.2, 0.25) is 5.91 Å². The molecule has 0 saturated carbocycles. The quantitative estimate of drug-likeness (QED) is 0.703. The van der Waals surface area contributed by atoms with Crippen LogP contribution in [0.25, 0.3) is 0 Å². The molecule has 0 radical (unpaired) electrons. The van der Waals surface area contributed by atoms with E-state index in [2.05, 4.69) is 4.90 Å². The molecular weight excluding hydrogens is 190 g/mol. The van der Waals surface area contributed by atoms with Crippen molar-refractivity contribution in [1.82, 2.24) is 9.80 Å². The van der Waals surface area contributed by atoms with Gasteiger partial charge in [-0.25, -0.2) is 0 Å². The maximum atomic E-state index is 11.9. The van der Waals surface area contributed by atoms with Crippen LogP contribution in [0.1, 0.15) is 27.2 Å². The van der Waals surface area contributed by atoms with E-state index in [0.717, 1.165) is 26.1 Å². The van der Waals surface area contributed by atoms with Crippen LogP contribution in [0.15, 0.2) is 0 Å². The van der Waals surface area contributed by atoms with Crippen LogP contribution in [-0.2, 0) is 4.79 Å². The highest BCUT2D eigenvalue weighted by Crippen LogP contribution is 2.05. The summed E-state index contributed by atoms with van der Waals surface area (Å²) in [6, 6.07) is 0. The number of carbonyl (C=O) groups excluding carboxylic acids is 1. The lowest BCUT2D eigenvalue weighted by Gasteiger charge is -2.28. The van der Waals surface area contributed by atoms with Crippen molar-refractivity contribution in [1.29, 1.82) is 0 Å². The van der Waals surface area contributed by atoms with Gasteiger partial charge in [0.15, 0.2) is 0 Å². The van der Waals surface area contributed by atoms with Crippen LogP contribution < -0.4 is 5.73 Å². The fraction of sp³-hybridized carbons (Fsp3) is 0.909. The van der Waals surface area contributed by atoms with Crippen LogP contribution >= 0.6 is 0 Å². The lowest BCUT2D eigenvalue weighted by Crippen LogP contribution is -2.51. The molecule has 1 amide bonds. The summed E-state index contributed by atoms with van der Waals surface area (Å²) in [5.74, 6) is 0.0313. The second kappa shape index (κ2) is 6.08. The van der Waals surface area contributed by atoms with E-state index in [9.17, 15) is 4.79 Å². The summed E-state index contributed by atoms with van der Waals surface area (Å²) in [6.07, 6.45) is 0.989. The Morgan fingerprint density at radius 1 is 1.27 bits per heavy atom. The first kappa shape index (κ1) is 14.4. The van der Waals surface area contributed by atoms with Crippen LogP contribution in [0.2, 0.25) is 0 Å². The second-order valence-electron chi connectivity index (χ2n) is 4.76.